The molecule has 2 fully saturated rings. The number of ether oxygens (including phenoxy) is 1. The number of aromatic amines is 1. The highest BCUT2D eigenvalue weighted by Gasteiger charge is 2.66. The van der Waals surface area contributed by atoms with Crippen LogP contribution in [0.3, 0.4) is 0 Å². The summed E-state index contributed by atoms with van der Waals surface area (Å²) >= 11 is 0. The third kappa shape index (κ3) is 2.29. The maximum absolute atomic E-state index is 13.4. The normalized spacial score (nSPS) is 23.6. The highest BCUT2D eigenvalue weighted by Crippen LogP contribution is 2.45. The van der Waals surface area contributed by atoms with E-state index in [0.29, 0.717) is 13.2 Å². The van der Waals surface area contributed by atoms with Crippen LogP contribution in [-0.2, 0) is 20.7 Å². The molecule has 4 heterocycles. The molecule has 8 heteroatoms. The van der Waals surface area contributed by atoms with Crippen molar-refractivity contribution in [3.05, 3.63) is 35.4 Å². The number of fused-ring (bicyclic) bond motifs is 5. The van der Waals surface area contributed by atoms with Gasteiger partial charge in [-0.1, -0.05) is 11.6 Å². The fraction of sp³-hybridized carbons (Fsp3) is 0.429. The van der Waals surface area contributed by atoms with Crippen LogP contribution in [0.25, 0.3) is 10.9 Å². The van der Waals surface area contributed by atoms with E-state index in [9.17, 15) is 14.4 Å². The van der Waals surface area contributed by atoms with E-state index in [1.54, 1.807) is 0 Å². The first-order valence-corrected chi connectivity index (χ1v) is 9.75. The van der Waals surface area contributed by atoms with E-state index in [0.717, 1.165) is 37.6 Å². The molecule has 0 saturated carbocycles. The van der Waals surface area contributed by atoms with Gasteiger partial charge >= 0.3 is 6.03 Å². The summed E-state index contributed by atoms with van der Waals surface area (Å²) in [6.45, 7) is 3.36. The predicted molar refractivity (Wildman–Crippen MR) is 104 cm³/mol. The van der Waals surface area contributed by atoms with Crippen molar-refractivity contribution >= 4 is 34.6 Å². The molecule has 8 nitrogen and oxygen atoms in total. The molecule has 29 heavy (non-hydrogen) atoms. The summed E-state index contributed by atoms with van der Waals surface area (Å²) in [4.78, 5) is 46.9. The number of morpholine rings is 1. The van der Waals surface area contributed by atoms with E-state index >= 15 is 0 Å². The maximum Gasteiger partial charge on any atom is 0.332 e. The Bertz CT molecular complexity index is 1060. The van der Waals surface area contributed by atoms with Crippen molar-refractivity contribution in [1.82, 2.24) is 9.80 Å². The van der Waals surface area contributed by atoms with Crippen molar-refractivity contribution in [2.75, 3.05) is 38.8 Å². The molecule has 3 aliphatic heterocycles. The number of rotatable bonds is 0. The van der Waals surface area contributed by atoms with Crippen molar-refractivity contribution in [2.24, 2.45) is 5.41 Å². The number of amides is 4. The Labute approximate surface area is 168 Å². The van der Waals surface area contributed by atoms with Gasteiger partial charge in [-0.25, -0.2) is 9.78 Å². The molecule has 150 valence electrons. The average Bonchev–Trinajstić information content (AvgIpc) is 2.73. The van der Waals surface area contributed by atoms with E-state index in [1.807, 2.05) is 13.0 Å². The molecule has 1 aromatic carbocycles. The fourth-order valence-electron chi connectivity index (χ4n) is 4.99. The lowest BCUT2D eigenvalue weighted by Crippen LogP contribution is -2.73. The SMILES string of the molecule is Cc1ccc2[nH+]c3c(cc2c1)CC1(C(=O)N(C)C(=O)N(C)C1=O)[C@H]1COCCN31. The van der Waals surface area contributed by atoms with Crippen LogP contribution < -0.4 is 9.88 Å². The monoisotopic (exact) mass is 395 g/mol. The Morgan fingerprint density at radius 1 is 1.10 bits per heavy atom. The van der Waals surface area contributed by atoms with Crippen molar-refractivity contribution in [3.8, 4) is 0 Å². The van der Waals surface area contributed by atoms with E-state index in [4.69, 9.17) is 4.74 Å². The molecule has 0 radical (unpaired) electrons. The summed E-state index contributed by atoms with van der Waals surface area (Å²) in [5.74, 6) is 0.00487. The van der Waals surface area contributed by atoms with Crippen LogP contribution in [0.4, 0.5) is 10.6 Å². The molecular weight excluding hydrogens is 372 g/mol. The molecule has 4 amide bonds. The second-order valence-electron chi connectivity index (χ2n) is 8.18. The third-order valence-corrected chi connectivity index (χ3v) is 6.49. The Morgan fingerprint density at radius 3 is 2.55 bits per heavy atom. The molecule has 1 atom stereocenters. The van der Waals surface area contributed by atoms with E-state index in [-0.39, 0.29) is 13.0 Å². The van der Waals surface area contributed by atoms with Crippen LogP contribution in [0, 0.1) is 12.3 Å². The number of anilines is 1. The summed E-state index contributed by atoms with van der Waals surface area (Å²) in [6, 6.07) is 7.16. The number of H-pyrrole nitrogens is 1. The molecule has 3 aliphatic rings. The minimum Gasteiger partial charge on any atom is -0.373 e. The van der Waals surface area contributed by atoms with Crippen LogP contribution in [0.2, 0.25) is 0 Å². The van der Waals surface area contributed by atoms with Gasteiger partial charge < -0.3 is 4.74 Å². The largest absolute Gasteiger partial charge is 0.373 e. The summed E-state index contributed by atoms with van der Waals surface area (Å²) < 4.78 is 5.70. The van der Waals surface area contributed by atoms with Gasteiger partial charge in [0.25, 0.3) is 17.6 Å². The second-order valence-corrected chi connectivity index (χ2v) is 8.18. The van der Waals surface area contributed by atoms with Gasteiger partial charge in [0.2, 0.25) is 0 Å². The first-order valence-electron chi connectivity index (χ1n) is 9.75. The van der Waals surface area contributed by atoms with Gasteiger partial charge in [0.15, 0.2) is 5.41 Å². The molecule has 0 unspecified atom stereocenters. The lowest BCUT2D eigenvalue weighted by molar-refractivity contribution is -0.333. The van der Waals surface area contributed by atoms with Gasteiger partial charge in [-0.05, 0) is 25.1 Å². The maximum atomic E-state index is 13.4. The van der Waals surface area contributed by atoms with Crippen LogP contribution in [-0.4, -0.2) is 67.5 Å². The van der Waals surface area contributed by atoms with E-state index in [1.165, 1.54) is 14.1 Å². The standard InChI is InChI=1S/C21H22N4O4/c1-12-4-5-15-13(8-12)9-14-10-21(16-11-29-7-6-25(16)17(14)22-15)18(26)23(2)20(28)24(3)19(21)27/h4-5,8-9,16H,6-7,10-11H2,1-3H3/p+1/t16-/m1/s1. The van der Waals surface area contributed by atoms with Crippen molar-refractivity contribution in [1.29, 1.82) is 0 Å². The van der Waals surface area contributed by atoms with Crippen LogP contribution in [0.15, 0.2) is 24.3 Å². The molecular formula is C21H23N4O4+. The number of nitrogens with zero attached hydrogens (tertiary/aromatic N) is 3. The van der Waals surface area contributed by atoms with Crippen LogP contribution >= 0.6 is 0 Å². The topological polar surface area (TPSA) is 84.3 Å². The van der Waals surface area contributed by atoms with Crippen molar-refractivity contribution in [2.45, 2.75) is 19.4 Å². The minimum absolute atomic E-state index is 0.229. The number of barbiturate groups is 1. The average molecular weight is 395 g/mol. The minimum atomic E-state index is -1.38. The Balaban J connectivity index is 1.74. The number of benzene rings is 1. The number of hydrogen-bond donors (Lipinski definition) is 0. The van der Waals surface area contributed by atoms with Gasteiger partial charge in [0, 0.05) is 31.5 Å². The third-order valence-electron chi connectivity index (χ3n) is 6.49. The van der Waals surface area contributed by atoms with Gasteiger partial charge in [-0.15, -0.1) is 0 Å². The molecule has 1 aromatic heterocycles. The van der Waals surface area contributed by atoms with E-state index < -0.39 is 29.3 Å². The summed E-state index contributed by atoms with van der Waals surface area (Å²) in [6.07, 6.45) is 0.229. The number of imide groups is 2. The summed E-state index contributed by atoms with van der Waals surface area (Å²) in [7, 11) is 2.88. The number of carbonyl (C=O) groups excluding carboxylic acids is 3. The number of urea groups is 1. The zero-order chi connectivity index (χ0) is 20.5. The molecule has 2 saturated heterocycles. The summed E-state index contributed by atoms with van der Waals surface area (Å²) in [5, 5.41) is 1.03. The molecule has 5 rings (SSSR count). The predicted octanol–water partition coefficient (Wildman–Crippen LogP) is 0.760. The Hall–Kier alpha value is -3.00. The number of carbonyl (C=O) groups is 3. The van der Waals surface area contributed by atoms with Crippen LogP contribution in [0.1, 0.15) is 11.1 Å². The zero-order valence-electron chi connectivity index (χ0n) is 16.7. The van der Waals surface area contributed by atoms with Crippen molar-refractivity contribution < 1.29 is 24.1 Å². The molecule has 0 aliphatic carbocycles. The van der Waals surface area contributed by atoms with Gasteiger partial charge in [0.05, 0.1) is 13.2 Å². The lowest BCUT2D eigenvalue weighted by atomic mass is 9.68. The van der Waals surface area contributed by atoms with E-state index in [2.05, 4.69) is 28.1 Å². The lowest BCUT2D eigenvalue weighted by Gasteiger charge is -2.50. The molecule has 1 N–H and O–H groups in total. The number of pyridine rings is 1. The number of nitrogens with one attached hydrogen (secondary N) is 1. The Kier molecular flexibility index (Phi) is 3.73. The molecule has 1 spiro atoms. The second kappa shape index (κ2) is 6.00. The highest BCUT2D eigenvalue weighted by molar-refractivity contribution is 6.20. The highest BCUT2D eigenvalue weighted by atomic mass is 16.5. The van der Waals surface area contributed by atoms with Crippen molar-refractivity contribution in [3.63, 3.8) is 0 Å². The van der Waals surface area contributed by atoms with Gasteiger partial charge in [0.1, 0.15) is 18.1 Å². The molecule has 0 bridgehead atoms. The Morgan fingerprint density at radius 2 is 1.83 bits per heavy atom. The quantitative estimate of drug-likeness (QED) is 0.615. The number of aromatic nitrogens is 1. The molecule has 2 aromatic rings. The summed E-state index contributed by atoms with van der Waals surface area (Å²) in [5.41, 5.74) is 1.66. The van der Waals surface area contributed by atoms with Gasteiger partial charge in [-0.3, -0.25) is 24.3 Å². The smallest absolute Gasteiger partial charge is 0.332 e. The first kappa shape index (κ1) is 18.1. The first-order chi connectivity index (χ1) is 13.8. The fourth-order valence-corrected chi connectivity index (χ4v) is 4.99. The number of hydrogen-bond acceptors (Lipinski definition) is 5. The zero-order valence-corrected chi connectivity index (χ0v) is 16.7. The van der Waals surface area contributed by atoms with Gasteiger partial charge in [-0.2, -0.15) is 0 Å². The van der Waals surface area contributed by atoms with Crippen LogP contribution in [0.5, 0.6) is 0 Å². The number of aryl methyl sites for hydroxylation is 1.